The van der Waals surface area contributed by atoms with Gasteiger partial charge in [0.1, 0.15) is 35.4 Å². The van der Waals surface area contributed by atoms with Crippen molar-refractivity contribution in [2.75, 3.05) is 0 Å². The highest BCUT2D eigenvalue weighted by Crippen LogP contribution is 2.49. The molecule has 0 N–H and O–H groups in total. The van der Waals surface area contributed by atoms with Crippen molar-refractivity contribution >= 4 is 196 Å². The molecule has 15 heteroatoms. The van der Waals surface area contributed by atoms with Crippen molar-refractivity contribution in [1.82, 2.24) is 48.2 Å². The van der Waals surface area contributed by atoms with Crippen molar-refractivity contribution in [1.29, 1.82) is 0 Å². The van der Waals surface area contributed by atoms with E-state index in [0.717, 1.165) is 117 Å². The molecule has 28 rings (SSSR count). The number of hydrogen-bond acceptors (Lipinski definition) is 8. The molecule has 9 aromatic heterocycles. The molecule has 0 unspecified atom stereocenters. The Hall–Kier alpha value is -15.4. The lowest BCUT2D eigenvalue weighted by Gasteiger charge is -2.19. The van der Waals surface area contributed by atoms with E-state index in [-0.39, 0.29) is 0 Å². The van der Waals surface area contributed by atoms with Crippen molar-refractivity contribution in [3.05, 3.63) is 376 Å². The van der Waals surface area contributed by atoms with Gasteiger partial charge in [0, 0.05) is 124 Å². The SMILES string of the molecule is C[Si]1(C)c2ccccc2-c2c(-c3ccccc3)nc(-n3c4ccccc4c4c3ccc3c5ccccc5n(-c5ccccc5)c34)nc21.C[Si]1(C)c2ccccc2-c2c(-c3ccccc3)nc(-n3c4ccccc4c4c5oc6ccccc6c5ccc43)nc21.C[Si]1(C)c2ccccc2-c2c(-c3ccccc3)nc(-n3c4ccccc4c4c5sc6ccccc6c5ccc43)nc21. The lowest BCUT2D eigenvalue weighted by atomic mass is 10.0. The fourth-order valence-corrected chi connectivity index (χ4v) is 31.8. The molecule has 610 valence electrons. The van der Waals surface area contributed by atoms with Gasteiger partial charge in [0.05, 0.1) is 66.6 Å². The van der Waals surface area contributed by atoms with E-state index in [1.807, 2.05) is 23.5 Å². The van der Waals surface area contributed by atoms with Crippen LogP contribution in [0.4, 0.5) is 0 Å². The Kier molecular flexibility index (Phi) is 16.5. The molecule has 3 aliphatic rings. The highest BCUT2D eigenvalue weighted by atomic mass is 32.1. The van der Waals surface area contributed by atoms with Gasteiger partial charge in [-0.1, -0.05) is 343 Å². The maximum Gasteiger partial charge on any atom is 0.235 e. The zero-order chi connectivity index (χ0) is 85.9. The molecule has 12 heterocycles. The summed E-state index contributed by atoms with van der Waals surface area (Å²) in [6.45, 7) is 14.5. The molecule has 25 aromatic rings. The summed E-state index contributed by atoms with van der Waals surface area (Å²) in [6, 6.07) is 134. The van der Waals surface area contributed by atoms with Crippen LogP contribution in [0, 0.1) is 0 Å². The first kappa shape index (κ1) is 75.0. The monoisotopic (exact) mass is 1720 g/mol. The summed E-state index contributed by atoms with van der Waals surface area (Å²) in [6.07, 6.45) is 0. The zero-order valence-corrected chi connectivity index (χ0v) is 75.4. The van der Waals surface area contributed by atoms with Crippen molar-refractivity contribution in [2.24, 2.45) is 0 Å². The third kappa shape index (κ3) is 11.0. The molecule has 0 amide bonds. The van der Waals surface area contributed by atoms with Crippen LogP contribution in [0.1, 0.15) is 0 Å². The van der Waals surface area contributed by atoms with E-state index < -0.39 is 24.2 Å². The molecule has 16 aromatic carbocycles. The predicted octanol–water partition coefficient (Wildman–Crippen LogP) is 25.5. The highest BCUT2D eigenvalue weighted by Gasteiger charge is 2.45. The maximum atomic E-state index is 6.52. The Balaban J connectivity index is 0.000000102. The number of furan rings is 1. The summed E-state index contributed by atoms with van der Waals surface area (Å²) in [5, 5.41) is 22.4. The summed E-state index contributed by atoms with van der Waals surface area (Å²) >= 11 is 1.88. The second-order valence-corrected chi connectivity index (χ2v) is 49.7. The summed E-state index contributed by atoms with van der Waals surface area (Å²) < 4.78 is 18.4. The van der Waals surface area contributed by atoms with Crippen molar-refractivity contribution in [3.63, 3.8) is 0 Å². The Morgan fingerprint density at radius 1 is 0.248 bits per heavy atom. The molecule has 0 bridgehead atoms. The number of thiophene rings is 1. The van der Waals surface area contributed by atoms with E-state index in [4.69, 9.17) is 34.3 Å². The van der Waals surface area contributed by atoms with Crippen molar-refractivity contribution < 1.29 is 4.42 Å². The lowest BCUT2D eigenvalue weighted by Crippen LogP contribution is -2.51. The topological polar surface area (TPSA) is 110 Å². The molecular formula is C114H80N10OSSi3. The van der Waals surface area contributed by atoms with Gasteiger partial charge in [0.2, 0.25) is 17.8 Å². The predicted molar refractivity (Wildman–Crippen MR) is 546 cm³/mol. The van der Waals surface area contributed by atoms with Gasteiger partial charge in [-0.25, -0.2) is 29.9 Å². The van der Waals surface area contributed by atoms with Crippen LogP contribution in [0.2, 0.25) is 39.3 Å². The third-order valence-electron chi connectivity index (χ3n) is 27.7. The van der Waals surface area contributed by atoms with E-state index in [9.17, 15) is 0 Å². The molecule has 0 spiro atoms. The van der Waals surface area contributed by atoms with E-state index in [1.165, 1.54) is 128 Å². The summed E-state index contributed by atoms with van der Waals surface area (Å²) in [4.78, 5) is 32.8. The minimum absolute atomic E-state index is 0.706. The van der Waals surface area contributed by atoms with E-state index in [2.05, 4.69) is 422 Å². The van der Waals surface area contributed by atoms with Gasteiger partial charge in [0.15, 0.2) is 0 Å². The second kappa shape index (κ2) is 28.3. The molecule has 0 saturated heterocycles. The first-order valence-corrected chi connectivity index (χ1v) is 54.1. The number of nitrogens with zero attached hydrogens (tertiary/aromatic N) is 10. The van der Waals surface area contributed by atoms with Crippen LogP contribution in [0.3, 0.4) is 0 Å². The van der Waals surface area contributed by atoms with E-state index in [0.29, 0.717) is 5.95 Å². The van der Waals surface area contributed by atoms with Gasteiger partial charge in [-0.3, -0.25) is 13.7 Å². The fourth-order valence-electron chi connectivity index (χ4n) is 21.8. The normalized spacial score (nSPS) is 13.7. The Morgan fingerprint density at radius 3 is 1.06 bits per heavy atom. The van der Waals surface area contributed by atoms with Crippen LogP contribution >= 0.6 is 11.3 Å². The van der Waals surface area contributed by atoms with Crippen LogP contribution in [0.25, 0.3) is 220 Å². The van der Waals surface area contributed by atoms with Crippen LogP contribution < -0.4 is 31.5 Å². The lowest BCUT2D eigenvalue weighted by molar-refractivity contribution is 0.673. The second-order valence-electron chi connectivity index (χ2n) is 35.9. The highest BCUT2D eigenvalue weighted by molar-refractivity contribution is 7.26. The number of rotatable bonds is 7. The molecule has 3 aliphatic heterocycles. The van der Waals surface area contributed by atoms with Gasteiger partial charge in [-0.15, -0.1) is 11.3 Å². The van der Waals surface area contributed by atoms with Crippen LogP contribution in [0.5, 0.6) is 0 Å². The standard InChI is InChI=1S/C42H30N4Si.C36H25N3OSi.C36H25N3SSi/c1-47(2)36-24-14-11-21-32(36)38-39(27-15-5-3-6-16-27)43-42(44-41(38)47)46-34-23-13-10-20-31(34)37-35(46)26-25-30-29-19-9-12-22-33(29)45(40(30)37)28-17-7-4-8-18-28;2*1-41(2)30-19-11-8-16-26(30)32-33(22-12-4-3-5-13-22)37-36(38-35(32)41)39-27-17-9-6-15-25(27)31-28(39)21-20-24-23-14-7-10-18-29(23)40-34(24)31/h3-26H,1-2H3;2*3-21H,1-2H3. The molecule has 0 saturated carbocycles. The zero-order valence-electron chi connectivity index (χ0n) is 71.6. The number of hydrogen-bond donors (Lipinski definition) is 0. The van der Waals surface area contributed by atoms with Gasteiger partial charge in [-0.2, -0.15) is 0 Å². The first-order valence-electron chi connectivity index (χ1n) is 44.3. The average Bonchev–Trinajstić information content (AvgIpc) is 1.84. The Morgan fingerprint density at radius 2 is 0.589 bits per heavy atom. The Bertz CT molecular complexity index is 8720. The minimum Gasteiger partial charge on any atom is -0.455 e. The number of aromatic nitrogens is 10. The Labute approximate surface area is 749 Å². The largest absolute Gasteiger partial charge is 0.455 e. The summed E-state index contributed by atoms with van der Waals surface area (Å²) in [5.74, 6) is 2.18. The number of fused-ring (bicyclic) bond motifs is 30. The first-order chi connectivity index (χ1) is 63.3. The molecule has 0 atom stereocenters. The van der Waals surface area contributed by atoms with Crippen LogP contribution in [0.15, 0.2) is 381 Å². The average molecular weight is 1720 g/mol. The van der Waals surface area contributed by atoms with Crippen molar-refractivity contribution in [2.45, 2.75) is 39.3 Å². The van der Waals surface area contributed by atoms with Gasteiger partial charge in [-0.05, 0) is 105 Å². The van der Waals surface area contributed by atoms with E-state index >= 15 is 0 Å². The number of benzene rings is 16. The smallest absolute Gasteiger partial charge is 0.235 e. The number of para-hydroxylation sites is 6. The van der Waals surface area contributed by atoms with Crippen LogP contribution in [-0.2, 0) is 0 Å². The molecule has 129 heavy (non-hydrogen) atoms. The summed E-state index contributed by atoms with van der Waals surface area (Å²) in [7, 11) is -6.24. The molecule has 11 nitrogen and oxygen atoms in total. The summed E-state index contributed by atoms with van der Waals surface area (Å²) in [5.41, 5.74) is 25.8. The van der Waals surface area contributed by atoms with E-state index in [1.54, 1.807) is 0 Å². The van der Waals surface area contributed by atoms with Crippen molar-refractivity contribution in [3.8, 4) is 90.7 Å². The maximum absolute atomic E-state index is 6.52. The quantitative estimate of drug-likeness (QED) is 0.146. The fraction of sp³-hybridized carbons (Fsp3) is 0.0526. The van der Waals surface area contributed by atoms with Gasteiger partial charge in [0.25, 0.3) is 0 Å². The van der Waals surface area contributed by atoms with Gasteiger partial charge < -0.3 is 8.98 Å². The third-order valence-corrected chi connectivity index (χ3v) is 38.9. The molecule has 0 radical (unpaired) electrons. The van der Waals surface area contributed by atoms with Crippen LogP contribution in [-0.4, -0.2) is 72.4 Å². The van der Waals surface area contributed by atoms with Gasteiger partial charge >= 0.3 is 0 Å². The molecule has 0 fully saturated rings. The molecular weight excluding hydrogens is 1640 g/mol. The minimum atomic E-state index is -2.11. The molecule has 0 aliphatic carbocycles.